The number of rotatable bonds is 3. The maximum atomic E-state index is 13.3. The number of aromatic carboxylic acids is 1. The summed E-state index contributed by atoms with van der Waals surface area (Å²) in [7, 11) is 0. The van der Waals surface area contributed by atoms with Gasteiger partial charge in [0.05, 0.1) is 0 Å². The number of nitrogens with zero attached hydrogens (tertiary/aromatic N) is 1. The Balaban J connectivity index is 2.31. The highest BCUT2D eigenvalue weighted by Gasteiger charge is 2.11. The Morgan fingerprint density at radius 3 is 2.61 bits per heavy atom. The molecule has 0 aliphatic carbocycles. The number of pyridine rings is 1. The Morgan fingerprint density at radius 1 is 1.17 bits per heavy atom. The zero-order chi connectivity index (χ0) is 13.1. The quantitative estimate of drug-likeness (QED) is 0.911. The van der Waals surface area contributed by atoms with Gasteiger partial charge in [-0.15, -0.1) is 0 Å². The first-order chi connectivity index (χ1) is 8.58. The van der Waals surface area contributed by atoms with E-state index in [2.05, 4.69) is 4.98 Å². The van der Waals surface area contributed by atoms with Crippen LogP contribution in [0.25, 0.3) is 0 Å². The molecule has 0 aliphatic rings. The van der Waals surface area contributed by atoms with Crippen LogP contribution < -0.4 is 4.74 Å². The van der Waals surface area contributed by atoms with Gasteiger partial charge in [-0.25, -0.2) is 14.2 Å². The van der Waals surface area contributed by atoms with Gasteiger partial charge in [-0.1, -0.05) is 12.1 Å². The minimum absolute atomic E-state index is 0.126. The van der Waals surface area contributed by atoms with Gasteiger partial charge in [0.2, 0.25) is 11.7 Å². The molecular weight excluding hydrogens is 244 g/mol. The molecule has 1 aromatic carbocycles. The minimum Gasteiger partial charge on any atom is -0.477 e. The third kappa shape index (κ3) is 2.42. The van der Waals surface area contributed by atoms with E-state index >= 15 is 0 Å². The van der Waals surface area contributed by atoms with Crippen LogP contribution in [0.1, 0.15) is 10.5 Å². The lowest BCUT2D eigenvalue weighted by Gasteiger charge is -2.06. The normalized spacial score (nSPS) is 10.1. The Morgan fingerprint density at radius 2 is 1.89 bits per heavy atom. The molecule has 1 aromatic heterocycles. The van der Waals surface area contributed by atoms with E-state index in [1.54, 1.807) is 0 Å². The van der Waals surface area contributed by atoms with Crippen LogP contribution in [0.15, 0.2) is 36.4 Å². The summed E-state index contributed by atoms with van der Waals surface area (Å²) in [4.78, 5) is 14.3. The molecule has 0 saturated heterocycles. The van der Waals surface area contributed by atoms with Crippen molar-refractivity contribution < 1.29 is 23.4 Å². The molecule has 0 fully saturated rings. The number of ether oxygens (including phenoxy) is 1. The summed E-state index contributed by atoms with van der Waals surface area (Å²) >= 11 is 0. The van der Waals surface area contributed by atoms with Crippen LogP contribution in [0.3, 0.4) is 0 Å². The van der Waals surface area contributed by atoms with Crippen molar-refractivity contribution in [2.24, 2.45) is 0 Å². The van der Waals surface area contributed by atoms with E-state index in [1.165, 1.54) is 30.3 Å². The summed E-state index contributed by atoms with van der Waals surface area (Å²) in [6.07, 6.45) is 0. The zero-order valence-electron chi connectivity index (χ0n) is 8.93. The molecule has 0 unspecified atom stereocenters. The number of carboxylic acids is 1. The second-order valence-corrected chi connectivity index (χ2v) is 3.32. The van der Waals surface area contributed by atoms with Gasteiger partial charge in [0.15, 0.2) is 17.3 Å². The first kappa shape index (κ1) is 12.0. The van der Waals surface area contributed by atoms with E-state index in [0.29, 0.717) is 0 Å². The van der Waals surface area contributed by atoms with Crippen LogP contribution in [0, 0.1) is 11.6 Å². The van der Waals surface area contributed by atoms with E-state index in [0.717, 1.165) is 6.07 Å². The van der Waals surface area contributed by atoms with E-state index < -0.39 is 17.6 Å². The third-order valence-corrected chi connectivity index (χ3v) is 2.07. The van der Waals surface area contributed by atoms with Crippen molar-refractivity contribution in [1.29, 1.82) is 0 Å². The predicted molar refractivity (Wildman–Crippen MR) is 57.6 cm³/mol. The standard InChI is InChI=1S/C12H7F2NO3/c13-7-3-1-5-9(11(7)14)18-10-6-2-4-8(15-10)12(16)17/h1-6H,(H,16,17). The molecule has 6 heteroatoms. The number of hydrogen-bond acceptors (Lipinski definition) is 3. The lowest BCUT2D eigenvalue weighted by atomic mass is 10.3. The molecule has 1 N–H and O–H groups in total. The molecule has 1 heterocycles. The largest absolute Gasteiger partial charge is 0.477 e. The molecule has 0 aliphatic heterocycles. The van der Waals surface area contributed by atoms with Crippen molar-refractivity contribution in [3.05, 3.63) is 53.7 Å². The van der Waals surface area contributed by atoms with Crippen molar-refractivity contribution in [3.63, 3.8) is 0 Å². The molecule has 2 rings (SSSR count). The van der Waals surface area contributed by atoms with Gasteiger partial charge in [-0.05, 0) is 18.2 Å². The maximum Gasteiger partial charge on any atom is 0.354 e. The zero-order valence-corrected chi connectivity index (χ0v) is 8.93. The highest BCUT2D eigenvalue weighted by Crippen LogP contribution is 2.24. The van der Waals surface area contributed by atoms with Gasteiger partial charge in [-0.2, -0.15) is 4.39 Å². The molecule has 18 heavy (non-hydrogen) atoms. The number of hydrogen-bond donors (Lipinski definition) is 1. The van der Waals surface area contributed by atoms with Crippen LogP contribution in [0.2, 0.25) is 0 Å². The molecule has 0 amide bonds. The monoisotopic (exact) mass is 251 g/mol. The molecule has 4 nitrogen and oxygen atoms in total. The number of carboxylic acid groups (broad SMARTS) is 1. The van der Waals surface area contributed by atoms with Gasteiger partial charge in [-0.3, -0.25) is 0 Å². The Hall–Kier alpha value is -2.50. The van der Waals surface area contributed by atoms with E-state index in [4.69, 9.17) is 9.84 Å². The second-order valence-electron chi connectivity index (χ2n) is 3.32. The first-order valence-electron chi connectivity index (χ1n) is 4.90. The van der Waals surface area contributed by atoms with Crippen molar-refractivity contribution in [3.8, 4) is 11.6 Å². The molecule has 0 radical (unpaired) electrons. The van der Waals surface area contributed by atoms with E-state index in [-0.39, 0.29) is 17.3 Å². The molecular formula is C12H7F2NO3. The number of benzene rings is 1. The summed E-state index contributed by atoms with van der Waals surface area (Å²) in [6.45, 7) is 0. The summed E-state index contributed by atoms with van der Waals surface area (Å²) in [5.74, 6) is -3.92. The molecule has 92 valence electrons. The molecule has 0 atom stereocenters. The average Bonchev–Trinajstić information content (AvgIpc) is 2.35. The summed E-state index contributed by atoms with van der Waals surface area (Å²) in [6, 6.07) is 7.43. The van der Waals surface area contributed by atoms with Gasteiger partial charge in [0.1, 0.15) is 0 Å². The fourth-order valence-electron chi connectivity index (χ4n) is 1.27. The lowest BCUT2D eigenvalue weighted by Crippen LogP contribution is -2.01. The highest BCUT2D eigenvalue weighted by atomic mass is 19.2. The topological polar surface area (TPSA) is 59.4 Å². The van der Waals surface area contributed by atoms with E-state index in [1.807, 2.05) is 0 Å². The molecule has 0 spiro atoms. The highest BCUT2D eigenvalue weighted by molar-refractivity contribution is 5.85. The SMILES string of the molecule is O=C(O)c1cccc(Oc2cccc(F)c2F)n1. The molecule has 0 bridgehead atoms. The molecule has 2 aromatic rings. The van der Waals surface area contributed by atoms with Gasteiger partial charge in [0, 0.05) is 6.07 Å². The summed E-state index contributed by atoms with van der Waals surface area (Å²) in [5.41, 5.74) is -0.246. The van der Waals surface area contributed by atoms with Crippen molar-refractivity contribution in [1.82, 2.24) is 4.98 Å². The Labute approximate surface area is 100 Å². The fourth-order valence-corrected chi connectivity index (χ4v) is 1.27. The summed E-state index contributed by atoms with van der Waals surface area (Å²) < 4.78 is 31.2. The van der Waals surface area contributed by atoms with Crippen LogP contribution in [-0.4, -0.2) is 16.1 Å². The minimum atomic E-state index is -1.24. The second kappa shape index (κ2) is 4.79. The fraction of sp³-hybridized carbons (Fsp3) is 0. The number of halogens is 2. The predicted octanol–water partition coefficient (Wildman–Crippen LogP) is 2.85. The van der Waals surface area contributed by atoms with Crippen LogP contribution in [0.4, 0.5) is 8.78 Å². The van der Waals surface area contributed by atoms with Gasteiger partial charge >= 0.3 is 5.97 Å². The number of aromatic nitrogens is 1. The van der Waals surface area contributed by atoms with Crippen molar-refractivity contribution >= 4 is 5.97 Å². The smallest absolute Gasteiger partial charge is 0.354 e. The average molecular weight is 251 g/mol. The maximum absolute atomic E-state index is 13.3. The Kier molecular flexibility index (Phi) is 3.18. The first-order valence-corrected chi connectivity index (χ1v) is 4.90. The van der Waals surface area contributed by atoms with Gasteiger partial charge in [0.25, 0.3) is 0 Å². The number of carbonyl (C=O) groups is 1. The van der Waals surface area contributed by atoms with E-state index in [9.17, 15) is 13.6 Å². The van der Waals surface area contributed by atoms with Crippen LogP contribution >= 0.6 is 0 Å². The van der Waals surface area contributed by atoms with Gasteiger partial charge < -0.3 is 9.84 Å². The third-order valence-electron chi connectivity index (χ3n) is 2.07. The van der Waals surface area contributed by atoms with Crippen molar-refractivity contribution in [2.45, 2.75) is 0 Å². The van der Waals surface area contributed by atoms with Crippen LogP contribution in [0.5, 0.6) is 11.6 Å². The van der Waals surface area contributed by atoms with Crippen LogP contribution in [-0.2, 0) is 0 Å². The lowest BCUT2D eigenvalue weighted by molar-refractivity contribution is 0.0689. The van der Waals surface area contributed by atoms with Crippen molar-refractivity contribution in [2.75, 3.05) is 0 Å². The summed E-state index contributed by atoms with van der Waals surface area (Å²) in [5, 5.41) is 8.72. The molecule has 0 saturated carbocycles. The Bertz CT molecular complexity index is 602.